The maximum Gasteiger partial charge on any atom is 0.255 e. The lowest BCUT2D eigenvalue weighted by atomic mass is 10.0. The predicted octanol–water partition coefficient (Wildman–Crippen LogP) is 3.85. The van der Waals surface area contributed by atoms with Gasteiger partial charge in [0.15, 0.2) is 0 Å². The first-order valence-electron chi connectivity index (χ1n) is 13.3. The molecule has 4 heterocycles. The van der Waals surface area contributed by atoms with Crippen LogP contribution in [0.3, 0.4) is 0 Å². The number of guanidine groups is 1. The molecular weight excluding hydrogens is 506 g/mol. The van der Waals surface area contributed by atoms with E-state index in [1.807, 2.05) is 51.5 Å². The number of carbonyl (C=O) groups is 1. The Kier molecular flexibility index (Phi) is 6.65. The topological polar surface area (TPSA) is 95.7 Å². The van der Waals surface area contributed by atoms with Crippen LogP contribution in [0.4, 0.5) is 17.1 Å². The summed E-state index contributed by atoms with van der Waals surface area (Å²) in [4.78, 5) is 27.1. The van der Waals surface area contributed by atoms with E-state index in [1.165, 1.54) is 0 Å². The number of nitrogens with one attached hydrogen (secondary N) is 2. The average molecular weight is 540 g/mol. The van der Waals surface area contributed by atoms with E-state index >= 15 is 0 Å². The minimum Gasteiger partial charge on any atom is -0.494 e. The first kappa shape index (κ1) is 25.8. The van der Waals surface area contributed by atoms with Crippen LogP contribution in [0.1, 0.15) is 16.8 Å². The molecule has 10 heteroatoms. The molecule has 40 heavy (non-hydrogen) atoms. The highest BCUT2D eigenvalue weighted by atomic mass is 16.5. The number of carbonyl (C=O) groups excluding carboxylic acids is 1. The van der Waals surface area contributed by atoms with Crippen LogP contribution in [-0.2, 0) is 22.7 Å². The Bertz CT molecular complexity index is 1630. The van der Waals surface area contributed by atoms with Crippen molar-refractivity contribution in [2.24, 2.45) is 9.98 Å². The van der Waals surface area contributed by atoms with Gasteiger partial charge in [-0.2, -0.15) is 0 Å². The third kappa shape index (κ3) is 4.55. The zero-order chi connectivity index (χ0) is 28.0. The number of aliphatic imine (C=N–C) groups is 2. The quantitative estimate of drug-likeness (QED) is 0.479. The second kappa shape index (κ2) is 10.3. The molecule has 0 aliphatic carbocycles. The highest BCUT2D eigenvalue weighted by Gasteiger charge is 2.26. The number of benzene rings is 2. The Morgan fingerprint density at radius 2 is 2.00 bits per heavy atom. The average Bonchev–Trinajstić information content (AvgIpc) is 3.29. The minimum absolute atomic E-state index is 0.285. The van der Waals surface area contributed by atoms with E-state index in [0.717, 1.165) is 58.7 Å². The van der Waals surface area contributed by atoms with Crippen molar-refractivity contribution in [3.63, 3.8) is 0 Å². The molecule has 10 nitrogen and oxygen atoms in total. The maximum absolute atomic E-state index is 13.6. The number of aromatic nitrogens is 1. The summed E-state index contributed by atoms with van der Waals surface area (Å²) in [6, 6.07) is 9.78. The molecule has 0 atom stereocenters. The molecule has 206 valence electrons. The molecule has 3 aromatic rings. The third-order valence-corrected chi connectivity index (χ3v) is 7.51. The van der Waals surface area contributed by atoms with Gasteiger partial charge in [0.1, 0.15) is 11.4 Å². The fraction of sp³-hybridized carbons (Fsp3) is 0.300. The van der Waals surface area contributed by atoms with Gasteiger partial charge in [-0.15, -0.1) is 0 Å². The number of methoxy groups -OCH3 is 1. The molecule has 1 aromatic heterocycles. The van der Waals surface area contributed by atoms with Gasteiger partial charge in [-0.25, -0.2) is 9.98 Å². The summed E-state index contributed by atoms with van der Waals surface area (Å²) < 4.78 is 13.9. The smallest absolute Gasteiger partial charge is 0.255 e. The highest BCUT2D eigenvalue weighted by Crippen LogP contribution is 2.40. The zero-order valence-corrected chi connectivity index (χ0v) is 23.2. The van der Waals surface area contributed by atoms with E-state index in [4.69, 9.17) is 14.5 Å². The van der Waals surface area contributed by atoms with Crippen molar-refractivity contribution in [3.8, 4) is 5.75 Å². The van der Waals surface area contributed by atoms with Gasteiger partial charge >= 0.3 is 0 Å². The van der Waals surface area contributed by atoms with Crippen molar-refractivity contribution in [1.29, 1.82) is 0 Å². The molecule has 0 fully saturated rings. The summed E-state index contributed by atoms with van der Waals surface area (Å²) in [6.07, 6.45) is 3.69. The zero-order valence-electron chi connectivity index (χ0n) is 23.2. The van der Waals surface area contributed by atoms with Crippen LogP contribution in [0.5, 0.6) is 5.75 Å². The van der Waals surface area contributed by atoms with Gasteiger partial charge in [0.2, 0.25) is 5.96 Å². The van der Waals surface area contributed by atoms with Crippen molar-refractivity contribution in [1.82, 2.24) is 14.8 Å². The summed E-state index contributed by atoms with van der Waals surface area (Å²) in [6.45, 7) is 7.66. The molecule has 0 saturated carbocycles. The molecule has 0 unspecified atom stereocenters. The number of nitrogens with zero attached hydrogens (tertiary/aromatic N) is 5. The van der Waals surface area contributed by atoms with Gasteiger partial charge in [0, 0.05) is 61.0 Å². The van der Waals surface area contributed by atoms with E-state index in [9.17, 15) is 4.79 Å². The Labute approximate surface area is 233 Å². The number of fused-ring (bicyclic) bond motifs is 9. The van der Waals surface area contributed by atoms with Crippen LogP contribution in [0.15, 0.2) is 53.0 Å². The molecular formula is C30H33N7O3. The normalized spacial score (nSPS) is 16.2. The number of hydrogen-bond acceptors (Lipinski definition) is 8. The molecule has 0 saturated heterocycles. The fourth-order valence-corrected chi connectivity index (χ4v) is 5.34. The summed E-state index contributed by atoms with van der Waals surface area (Å²) in [5, 5.41) is 7.54. The number of hydrogen-bond donors (Lipinski definition) is 2. The number of ether oxygens (including phenoxy) is 2. The van der Waals surface area contributed by atoms with Crippen molar-refractivity contribution in [3.05, 3.63) is 59.8 Å². The van der Waals surface area contributed by atoms with Crippen LogP contribution < -0.4 is 20.3 Å². The second-order valence-electron chi connectivity index (χ2n) is 10.4. The monoisotopic (exact) mass is 539 g/mol. The molecule has 3 aliphatic heterocycles. The molecule has 0 spiro atoms. The Balaban J connectivity index is 1.54. The lowest BCUT2D eigenvalue weighted by Gasteiger charge is -2.26. The van der Waals surface area contributed by atoms with E-state index in [2.05, 4.69) is 42.6 Å². The van der Waals surface area contributed by atoms with Gasteiger partial charge in [0.05, 0.1) is 43.1 Å². The first-order valence-corrected chi connectivity index (χ1v) is 13.3. The van der Waals surface area contributed by atoms with Gasteiger partial charge in [-0.05, 0) is 43.9 Å². The van der Waals surface area contributed by atoms with Gasteiger partial charge in [-0.3, -0.25) is 4.79 Å². The number of rotatable bonds is 5. The summed E-state index contributed by atoms with van der Waals surface area (Å²) in [5.41, 5.74) is 7.11. The lowest BCUT2D eigenvalue weighted by molar-refractivity contribution is -0.111. The summed E-state index contributed by atoms with van der Waals surface area (Å²) in [5.74, 6) is 0.703. The molecule has 6 rings (SSSR count). The lowest BCUT2D eigenvalue weighted by Crippen LogP contribution is -2.29. The Hall–Kier alpha value is -4.41. The molecule has 3 aliphatic rings. The van der Waals surface area contributed by atoms with Crippen LogP contribution in [0.2, 0.25) is 0 Å². The minimum atomic E-state index is -0.285. The summed E-state index contributed by atoms with van der Waals surface area (Å²) in [7, 11) is 7.66. The standard InChI is InChI=1S/C30H33N7O3/c1-18-19-6-7-24-20(14-19)28(26-17-40-13-12-37(24)26)21-8-9-31-30(33-21)34-23-15-22(32-29(18)38)25(16-27(23)39-5)36(4)11-10-35(2)3/h6-9,14-16H,1,10-13,17H2,2-5H3,(H,32,38)(H,31,33,34). The van der Waals surface area contributed by atoms with Crippen molar-refractivity contribution in [2.75, 3.05) is 58.2 Å². The van der Waals surface area contributed by atoms with E-state index < -0.39 is 0 Å². The van der Waals surface area contributed by atoms with E-state index in [-0.39, 0.29) is 5.91 Å². The van der Waals surface area contributed by atoms with E-state index in [0.29, 0.717) is 41.9 Å². The highest BCUT2D eigenvalue weighted by molar-refractivity contribution is 6.26. The first-order chi connectivity index (χ1) is 19.3. The van der Waals surface area contributed by atoms with Crippen LogP contribution in [0, 0.1) is 0 Å². The van der Waals surface area contributed by atoms with Crippen LogP contribution in [0.25, 0.3) is 22.2 Å². The van der Waals surface area contributed by atoms with Gasteiger partial charge in [0.25, 0.3) is 5.91 Å². The number of amides is 1. The van der Waals surface area contributed by atoms with Gasteiger partial charge < -0.3 is 34.5 Å². The van der Waals surface area contributed by atoms with E-state index in [1.54, 1.807) is 13.3 Å². The maximum atomic E-state index is 13.6. The fourth-order valence-electron chi connectivity index (χ4n) is 5.34. The molecule has 6 bridgehead atoms. The molecule has 2 N–H and O–H groups in total. The van der Waals surface area contributed by atoms with Crippen molar-refractivity contribution in [2.45, 2.75) is 13.2 Å². The largest absolute Gasteiger partial charge is 0.494 e. The Morgan fingerprint density at radius 1 is 1.15 bits per heavy atom. The molecule has 0 radical (unpaired) electrons. The molecule has 2 aromatic carbocycles. The number of likely N-dealkylation sites (N-methyl/N-ethyl adjacent to an activating group) is 2. The second-order valence-corrected chi connectivity index (χ2v) is 10.4. The molecule has 1 amide bonds. The summed E-state index contributed by atoms with van der Waals surface area (Å²) >= 11 is 0. The van der Waals surface area contributed by atoms with Crippen LogP contribution in [-0.4, -0.2) is 75.5 Å². The third-order valence-electron chi connectivity index (χ3n) is 7.51. The number of anilines is 2. The van der Waals surface area contributed by atoms with Gasteiger partial charge in [-0.1, -0.05) is 12.6 Å². The number of allylic oxidation sites excluding steroid dienone is 1. The van der Waals surface area contributed by atoms with Crippen LogP contribution >= 0.6 is 0 Å². The Morgan fingerprint density at radius 3 is 2.80 bits per heavy atom. The SMILES string of the molecule is C=C1C(=O)Nc2cc(c(OC)cc2N(C)CCN(C)C)N=C2N=CC=C(N2)c2c3n(c4ccc1cc24)CCOC3. The van der Waals surface area contributed by atoms with Crippen molar-refractivity contribution >= 4 is 57.3 Å². The van der Waals surface area contributed by atoms with Crippen molar-refractivity contribution < 1.29 is 14.3 Å². The predicted molar refractivity (Wildman–Crippen MR) is 161 cm³/mol.